The minimum atomic E-state index is -0.418. The maximum absolute atomic E-state index is 12.4. The van der Waals surface area contributed by atoms with E-state index in [1.165, 1.54) is 18.4 Å². The molecule has 10 heteroatoms. The van der Waals surface area contributed by atoms with Crippen molar-refractivity contribution in [3.63, 3.8) is 0 Å². The van der Waals surface area contributed by atoms with Gasteiger partial charge in [0.2, 0.25) is 0 Å². The smallest absolute Gasteiger partial charge is 0.327 e. The molecule has 2 heterocycles. The zero-order valence-electron chi connectivity index (χ0n) is 15.1. The Balaban J connectivity index is 1.66. The van der Waals surface area contributed by atoms with Gasteiger partial charge in [0.05, 0.1) is 13.8 Å². The molecule has 0 aliphatic carbocycles. The average Bonchev–Trinajstić information content (AvgIpc) is 3.04. The van der Waals surface area contributed by atoms with Crippen molar-refractivity contribution in [3.05, 3.63) is 38.8 Å². The van der Waals surface area contributed by atoms with Crippen molar-refractivity contribution < 1.29 is 9.53 Å². The first kappa shape index (κ1) is 20.8. The second-order valence-electron chi connectivity index (χ2n) is 6.11. The molecule has 1 atom stereocenters. The summed E-state index contributed by atoms with van der Waals surface area (Å²) in [5.41, 5.74) is 0.894. The Morgan fingerprint density at radius 2 is 2.00 bits per heavy atom. The molecule has 6 nitrogen and oxygen atoms in total. The number of benzene rings is 1. The van der Waals surface area contributed by atoms with E-state index in [4.69, 9.17) is 28.6 Å². The van der Waals surface area contributed by atoms with Crippen LogP contribution >= 0.6 is 46.9 Å². The predicted octanol–water partition coefficient (Wildman–Crippen LogP) is 3.54. The molecule has 0 spiro atoms. The van der Waals surface area contributed by atoms with E-state index < -0.39 is 6.04 Å². The van der Waals surface area contributed by atoms with E-state index in [1.807, 2.05) is 23.1 Å². The second kappa shape index (κ2) is 9.49. The van der Waals surface area contributed by atoms with Crippen LogP contribution in [0.3, 0.4) is 0 Å². The Labute approximate surface area is 177 Å². The molecule has 1 saturated heterocycles. The van der Waals surface area contributed by atoms with E-state index in [2.05, 4.69) is 14.9 Å². The highest BCUT2D eigenvalue weighted by Crippen LogP contribution is 2.25. The molecule has 1 aromatic carbocycles. The van der Waals surface area contributed by atoms with Crippen LogP contribution in [-0.4, -0.2) is 65.1 Å². The Bertz CT molecular complexity index is 831. The van der Waals surface area contributed by atoms with Crippen LogP contribution < -0.4 is 0 Å². The Kier molecular flexibility index (Phi) is 7.29. The number of piperazine rings is 1. The molecule has 0 N–H and O–H groups in total. The molecule has 0 radical (unpaired) electrons. The molecule has 2 aromatic rings. The first-order chi connectivity index (χ1) is 13.0. The number of hydrogen-bond acceptors (Lipinski definition) is 8. The average molecular weight is 445 g/mol. The fourth-order valence-electron chi connectivity index (χ4n) is 3.06. The zero-order valence-corrected chi connectivity index (χ0v) is 18.3. The lowest BCUT2D eigenvalue weighted by atomic mass is 10.0. The van der Waals surface area contributed by atoms with Gasteiger partial charge in [-0.1, -0.05) is 46.8 Å². The van der Waals surface area contributed by atoms with Crippen LogP contribution in [0.5, 0.6) is 0 Å². The fourth-order valence-corrected chi connectivity index (χ4v) is 4.93. The topological polar surface area (TPSA) is 50.6 Å². The van der Waals surface area contributed by atoms with Gasteiger partial charge in [0.1, 0.15) is 6.04 Å². The number of thioether (sulfide) groups is 1. The van der Waals surface area contributed by atoms with Crippen LogP contribution in [0.25, 0.3) is 0 Å². The van der Waals surface area contributed by atoms with Crippen LogP contribution in [0.2, 0.25) is 5.02 Å². The predicted molar refractivity (Wildman–Crippen MR) is 112 cm³/mol. The van der Waals surface area contributed by atoms with Gasteiger partial charge >= 0.3 is 5.97 Å². The monoisotopic (exact) mass is 444 g/mol. The standard InChI is InChI=1S/C17H21ClN4O2S3/c1-24-15(23)14(12-3-5-13(18)6-4-12)21-9-7-20(8-10-21)11-22-17(25)27-16(19-22)26-2/h3-6,14H,7-11H2,1-2H3/t14-/m0/s1. The molecule has 0 unspecified atom stereocenters. The van der Waals surface area contributed by atoms with Crippen molar-refractivity contribution >= 4 is 52.9 Å². The van der Waals surface area contributed by atoms with Crippen LogP contribution in [0.15, 0.2) is 28.6 Å². The lowest BCUT2D eigenvalue weighted by molar-refractivity contribution is -0.148. The number of halogens is 1. The number of aromatic nitrogens is 2. The van der Waals surface area contributed by atoms with E-state index in [0.717, 1.165) is 40.0 Å². The summed E-state index contributed by atoms with van der Waals surface area (Å²) in [4.78, 5) is 16.9. The minimum Gasteiger partial charge on any atom is -0.468 e. The van der Waals surface area contributed by atoms with Crippen LogP contribution in [0.1, 0.15) is 11.6 Å². The third-order valence-electron chi connectivity index (χ3n) is 4.48. The fraction of sp³-hybridized carbons (Fsp3) is 0.471. The minimum absolute atomic E-state index is 0.253. The number of esters is 1. The molecular weight excluding hydrogens is 424 g/mol. The summed E-state index contributed by atoms with van der Waals surface area (Å²) < 4.78 is 8.69. The summed E-state index contributed by atoms with van der Waals surface area (Å²) >= 11 is 14.5. The Morgan fingerprint density at radius 3 is 2.56 bits per heavy atom. The van der Waals surface area contributed by atoms with E-state index in [9.17, 15) is 4.79 Å². The quantitative estimate of drug-likeness (QED) is 0.383. The van der Waals surface area contributed by atoms with Crippen molar-refractivity contribution in [2.24, 2.45) is 0 Å². The molecule has 146 valence electrons. The normalized spacial score (nSPS) is 17.0. The number of nitrogens with zero attached hydrogens (tertiary/aromatic N) is 4. The first-order valence-corrected chi connectivity index (χ1v) is 11.3. The molecule has 27 heavy (non-hydrogen) atoms. The molecule has 3 rings (SSSR count). The summed E-state index contributed by atoms with van der Waals surface area (Å²) in [5, 5.41) is 5.18. The van der Waals surface area contributed by atoms with E-state index in [-0.39, 0.29) is 5.97 Å². The van der Waals surface area contributed by atoms with E-state index in [1.54, 1.807) is 23.9 Å². The van der Waals surface area contributed by atoms with Gasteiger partial charge in [0, 0.05) is 31.2 Å². The first-order valence-electron chi connectivity index (χ1n) is 8.43. The highest BCUT2D eigenvalue weighted by molar-refractivity contribution is 8.00. The Hall–Kier alpha value is -0.970. The van der Waals surface area contributed by atoms with Crippen molar-refractivity contribution in [1.82, 2.24) is 19.6 Å². The van der Waals surface area contributed by atoms with Gasteiger partial charge in [-0.3, -0.25) is 9.80 Å². The van der Waals surface area contributed by atoms with Gasteiger partial charge in [0.15, 0.2) is 8.29 Å². The number of rotatable bonds is 6. The summed E-state index contributed by atoms with van der Waals surface area (Å²) in [6.45, 7) is 3.85. The molecular formula is C17H21ClN4O2S3. The van der Waals surface area contributed by atoms with Crippen molar-refractivity contribution in [1.29, 1.82) is 0 Å². The van der Waals surface area contributed by atoms with Crippen molar-refractivity contribution in [2.75, 3.05) is 39.5 Å². The molecule has 1 aliphatic heterocycles. The van der Waals surface area contributed by atoms with Crippen LogP contribution in [0.4, 0.5) is 0 Å². The van der Waals surface area contributed by atoms with Gasteiger partial charge in [-0.15, -0.1) is 0 Å². The van der Waals surface area contributed by atoms with Crippen LogP contribution in [-0.2, 0) is 16.2 Å². The summed E-state index contributed by atoms with van der Waals surface area (Å²) in [6, 6.07) is 6.95. The zero-order chi connectivity index (χ0) is 19.4. The Morgan fingerprint density at radius 1 is 1.33 bits per heavy atom. The third-order valence-corrected chi connectivity index (χ3v) is 7.01. The number of hydrogen-bond donors (Lipinski definition) is 0. The summed E-state index contributed by atoms with van der Waals surface area (Å²) in [6.07, 6.45) is 2.00. The van der Waals surface area contributed by atoms with Gasteiger partial charge in [0.25, 0.3) is 0 Å². The van der Waals surface area contributed by atoms with Crippen molar-refractivity contribution in [2.45, 2.75) is 17.1 Å². The number of methoxy groups -OCH3 is 1. The molecule has 1 fully saturated rings. The summed E-state index contributed by atoms with van der Waals surface area (Å²) in [7, 11) is 1.43. The lowest BCUT2D eigenvalue weighted by Gasteiger charge is -2.38. The third kappa shape index (κ3) is 5.10. The van der Waals surface area contributed by atoms with Gasteiger partial charge in [-0.05, 0) is 36.2 Å². The largest absolute Gasteiger partial charge is 0.468 e. The second-order valence-corrected chi connectivity index (χ2v) is 9.22. The molecule has 1 aliphatic rings. The van der Waals surface area contributed by atoms with Gasteiger partial charge in [-0.2, -0.15) is 5.10 Å². The molecule has 0 bridgehead atoms. The highest BCUT2D eigenvalue weighted by Gasteiger charge is 2.31. The van der Waals surface area contributed by atoms with E-state index in [0.29, 0.717) is 11.7 Å². The lowest BCUT2D eigenvalue weighted by Crippen LogP contribution is -2.49. The maximum atomic E-state index is 12.4. The van der Waals surface area contributed by atoms with Gasteiger partial charge < -0.3 is 4.74 Å². The van der Waals surface area contributed by atoms with Gasteiger partial charge in [-0.25, -0.2) is 9.48 Å². The SMILES string of the molecule is COC(=O)[C@H](c1ccc(Cl)cc1)N1CCN(Cn2nc(SC)sc2=S)CC1. The van der Waals surface area contributed by atoms with E-state index >= 15 is 0 Å². The number of carbonyl (C=O) groups excluding carboxylic acids is 1. The molecule has 1 aromatic heterocycles. The van der Waals surface area contributed by atoms with Crippen molar-refractivity contribution in [3.8, 4) is 0 Å². The van der Waals surface area contributed by atoms with Crippen LogP contribution in [0, 0.1) is 3.95 Å². The molecule has 0 amide bonds. The number of ether oxygens (including phenoxy) is 1. The highest BCUT2D eigenvalue weighted by atomic mass is 35.5. The number of carbonyl (C=O) groups is 1. The summed E-state index contributed by atoms with van der Waals surface area (Å²) in [5.74, 6) is -0.253. The molecule has 0 saturated carbocycles. The maximum Gasteiger partial charge on any atom is 0.327 e.